The highest BCUT2D eigenvalue weighted by Crippen LogP contribution is 2.56. The number of ether oxygens (including phenoxy) is 7. The smallest absolute Gasteiger partial charge is 0.315 e. The summed E-state index contributed by atoms with van der Waals surface area (Å²) in [5, 5.41) is 6.30. The number of nitrogens with one attached hydrogen (secondary N) is 2. The number of rotatable bonds is 10. The molecule has 1 aliphatic carbocycles. The van der Waals surface area contributed by atoms with Gasteiger partial charge in [0.1, 0.15) is 6.10 Å². The Bertz CT molecular complexity index is 1490. The number of hydrogen-bond donors (Lipinski definition) is 2. The van der Waals surface area contributed by atoms with E-state index in [4.69, 9.17) is 33.2 Å². The van der Waals surface area contributed by atoms with Gasteiger partial charge in [-0.05, 0) is 48.2 Å². The third kappa shape index (κ3) is 5.24. The van der Waals surface area contributed by atoms with Crippen molar-refractivity contribution in [1.29, 1.82) is 0 Å². The minimum absolute atomic E-state index is 0.0764. The molecule has 0 unspecified atom stereocenters. The van der Waals surface area contributed by atoms with Crippen LogP contribution in [0, 0.1) is 11.8 Å². The number of amides is 2. The molecule has 2 N–H and O–H groups in total. The summed E-state index contributed by atoms with van der Waals surface area (Å²) < 4.78 is 40.1. The van der Waals surface area contributed by atoms with E-state index in [-0.39, 0.29) is 49.9 Å². The number of urea groups is 1. The summed E-state index contributed by atoms with van der Waals surface area (Å²) in [6.07, 6.45) is 1.94. The van der Waals surface area contributed by atoms with Gasteiger partial charge in [-0.1, -0.05) is 6.42 Å². The molecule has 7 atom stereocenters. The van der Waals surface area contributed by atoms with E-state index in [1.807, 2.05) is 36.0 Å². The Kier molecular flexibility index (Phi) is 7.96. The predicted molar refractivity (Wildman–Crippen MR) is 161 cm³/mol. The fraction of sp³-hybridized carbons (Fsp3) is 0.531. The van der Waals surface area contributed by atoms with Crippen molar-refractivity contribution in [3.8, 4) is 28.7 Å². The first-order valence-corrected chi connectivity index (χ1v) is 16.2. The van der Waals surface area contributed by atoms with Gasteiger partial charge in [0.25, 0.3) is 0 Å². The van der Waals surface area contributed by atoms with Gasteiger partial charge >= 0.3 is 18.0 Å². The molecule has 45 heavy (non-hydrogen) atoms. The molecule has 13 heteroatoms. The van der Waals surface area contributed by atoms with E-state index >= 15 is 0 Å². The summed E-state index contributed by atoms with van der Waals surface area (Å²) >= 11 is 1.86. The molecule has 0 aromatic heterocycles. The molecule has 5 aliphatic rings. The van der Waals surface area contributed by atoms with Crippen molar-refractivity contribution in [3.05, 3.63) is 41.0 Å². The molecule has 0 radical (unpaired) electrons. The van der Waals surface area contributed by atoms with Gasteiger partial charge in [0.2, 0.25) is 12.5 Å². The third-order valence-corrected chi connectivity index (χ3v) is 11.0. The fourth-order valence-electron chi connectivity index (χ4n) is 7.40. The van der Waals surface area contributed by atoms with Crippen molar-refractivity contribution >= 4 is 29.7 Å². The van der Waals surface area contributed by atoms with Gasteiger partial charge in [-0.2, -0.15) is 11.8 Å². The van der Waals surface area contributed by atoms with Crippen LogP contribution >= 0.6 is 11.8 Å². The van der Waals surface area contributed by atoms with Crippen LogP contribution in [0.5, 0.6) is 28.7 Å². The lowest BCUT2D eigenvalue weighted by Gasteiger charge is -2.38. The number of carbonyl (C=O) groups excluding carboxylic acids is 3. The van der Waals surface area contributed by atoms with Crippen LogP contribution in [-0.4, -0.2) is 75.8 Å². The summed E-state index contributed by atoms with van der Waals surface area (Å²) in [5.74, 6) is 1.19. The summed E-state index contributed by atoms with van der Waals surface area (Å²) in [6.45, 7) is 0.199. The Morgan fingerprint density at radius 1 is 0.933 bits per heavy atom. The van der Waals surface area contributed by atoms with E-state index in [1.165, 1.54) is 7.11 Å². The van der Waals surface area contributed by atoms with E-state index in [1.54, 1.807) is 14.2 Å². The average molecular weight is 641 g/mol. The van der Waals surface area contributed by atoms with E-state index in [2.05, 4.69) is 10.6 Å². The van der Waals surface area contributed by atoms with Crippen molar-refractivity contribution in [1.82, 2.24) is 10.6 Å². The van der Waals surface area contributed by atoms with Crippen molar-refractivity contribution in [2.75, 3.05) is 40.5 Å². The molecule has 240 valence electrons. The number of benzene rings is 2. The van der Waals surface area contributed by atoms with Crippen LogP contribution in [0.3, 0.4) is 0 Å². The zero-order valence-corrected chi connectivity index (χ0v) is 26.1. The molecule has 3 fully saturated rings. The second-order valence-corrected chi connectivity index (χ2v) is 13.1. The Labute approximate surface area is 264 Å². The van der Waals surface area contributed by atoms with Crippen molar-refractivity contribution in [2.24, 2.45) is 11.8 Å². The van der Waals surface area contributed by atoms with Gasteiger partial charge in [0.05, 0.1) is 45.9 Å². The quantitative estimate of drug-likeness (QED) is 0.223. The molecule has 12 nitrogen and oxygen atoms in total. The minimum atomic E-state index is -0.706. The van der Waals surface area contributed by atoms with Gasteiger partial charge in [0, 0.05) is 34.8 Å². The maximum atomic E-state index is 13.4. The van der Waals surface area contributed by atoms with E-state index < -0.39 is 23.9 Å². The molecular weight excluding hydrogens is 604 g/mol. The molecule has 0 saturated carbocycles. The fourth-order valence-corrected chi connectivity index (χ4v) is 8.95. The number of unbranched alkanes of at least 4 members (excludes halogenated alkanes) is 1. The first-order chi connectivity index (χ1) is 21.9. The lowest BCUT2D eigenvalue weighted by Crippen LogP contribution is -2.37. The monoisotopic (exact) mass is 640 g/mol. The SMILES string of the molecule is COc1cc([C@@H]2c3cc4c(cc3[C@H](OC(=O)CCCC[C@@H]3SC[C@H]5NC(=O)N[C@@H]35)[C@H]3COC(=O)[C@@H]23)OCO4)cc(OC)c1OC. The largest absolute Gasteiger partial charge is 0.493 e. The molecule has 0 bridgehead atoms. The van der Waals surface area contributed by atoms with Crippen molar-refractivity contribution in [3.63, 3.8) is 0 Å². The second-order valence-electron chi connectivity index (χ2n) is 11.9. The maximum absolute atomic E-state index is 13.4. The standard InChI is InChI=1S/C32H36N2O10S/c1-38-22-8-15(9-23(39-2)30(22)40-3)26-16-10-20-21(43-14-42-20)11-17(16)29(18-12-41-31(36)27(18)26)44-25(35)7-5-4-6-24-28-19(13-45-24)33-32(37)34-28/h8-11,18-19,24,26-29H,4-7,12-14H2,1-3H3,(H2,33,34,37)/t18-,19+,24-,26+,27+,28+,29-/m0/s1. The predicted octanol–water partition coefficient (Wildman–Crippen LogP) is 3.69. The number of hydrogen-bond acceptors (Lipinski definition) is 11. The highest BCUT2D eigenvalue weighted by atomic mass is 32.2. The van der Waals surface area contributed by atoms with Crippen LogP contribution < -0.4 is 34.3 Å². The number of carbonyl (C=O) groups is 3. The van der Waals surface area contributed by atoms with E-state index in [9.17, 15) is 14.4 Å². The number of methoxy groups -OCH3 is 3. The maximum Gasteiger partial charge on any atom is 0.315 e. The zero-order valence-electron chi connectivity index (χ0n) is 25.3. The zero-order chi connectivity index (χ0) is 31.2. The van der Waals surface area contributed by atoms with Crippen LogP contribution in [0.4, 0.5) is 4.79 Å². The number of thioether (sulfide) groups is 1. The summed E-state index contributed by atoms with van der Waals surface area (Å²) in [7, 11) is 4.63. The topological polar surface area (TPSA) is 140 Å². The van der Waals surface area contributed by atoms with Crippen LogP contribution in [0.2, 0.25) is 0 Å². The summed E-state index contributed by atoms with van der Waals surface area (Å²) in [6, 6.07) is 7.62. The molecule has 4 aliphatic heterocycles. The summed E-state index contributed by atoms with van der Waals surface area (Å²) in [4.78, 5) is 38.4. The van der Waals surface area contributed by atoms with Gasteiger partial charge in [-0.25, -0.2) is 4.79 Å². The molecule has 7 rings (SSSR count). The van der Waals surface area contributed by atoms with Gasteiger partial charge in [0.15, 0.2) is 23.0 Å². The molecule has 2 amide bonds. The molecule has 2 aromatic carbocycles. The first-order valence-electron chi connectivity index (χ1n) is 15.2. The number of cyclic esters (lactones) is 1. The highest BCUT2D eigenvalue weighted by Gasteiger charge is 2.54. The van der Waals surface area contributed by atoms with Crippen LogP contribution in [0.1, 0.15) is 54.4 Å². The van der Waals surface area contributed by atoms with Crippen LogP contribution in [0.15, 0.2) is 24.3 Å². The van der Waals surface area contributed by atoms with Gasteiger partial charge < -0.3 is 43.8 Å². The Morgan fingerprint density at radius 3 is 2.38 bits per heavy atom. The number of esters is 2. The van der Waals surface area contributed by atoms with Crippen molar-refractivity contribution in [2.45, 2.75) is 55.0 Å². The normalized spacial score (nSPS) is 28.7. The highest BCUT2D eigenvalue weighted by molar-refractivity contribution is 8.00. The molecule has 2 aromatic rings. The molecule has 4 heterocycles. The van der Waals surface area contributed by atoms with Crippen LogP contribution in [0.25, 0.3) is 0 Å². The Morgan fingerprint density at radius 2 is 1.67 bits per heavy atom. The second kappa shape index (κ2) is 12.1. The molecule has 3 saturated heterocycles. The van der Waals surface area contributed by atoms with Gasteiger partial charge in [-0.3, -0.25) is 9.59 Å². The van der Waals surface area contributed by atoms with Gasteiger partial charge in [-0.15, -0.1) is 0 Å². The Balaban J connectivity index is 1.14. The number of fused-ring (bicyclic) bond motifs is 4. The van der Waals surface area contributed by atoms with E-state index in [0.29, 0.717) is 40.4 Å². The molecular formula is C32H36N2O10S. The minimum Gasteiger partial charge on any atom is -0.493 e. The summed E-state index contributed by atoms with van der Waals surface area (Å²) in [5.41, 5.74) is 2.30. The lowest BCUT2D eigenvalue weighted by molar-refractivity contribution is -0.154. The Hall–Kier alpha value is -4.00. The molecule has 0 spiro atoms. The average Bonchev–Trinajstić information content (AvgIpc) is 3.83. The third-order valence-electron chi connectivity index (χ3n) is 9.48. The lowest BCUT2D eigenvalue weighted by atomic mass is 9.66. The van der Waals surface area contributed by atoms with Crippen LogP contribution in [-0.2, 0) is 19.1 Å². The van der Waals surface area contributed by atoms with Crippen molar-refractivity contribution < 1.29 is 47.5 Å². The first kappa shape index (κ1) is 29.7. The van der Waals surface area contributed by atoms with E-state index in [0.717, 1.165) is 35.3 Å².